The zero-order chi connectivity index (χ0) is 16.9. The smallest absolute Gasteiger partial charge is 0.324 e. The van der Waals surface area contributed by atoms with Gasteiger partial charge in [-0.15, -0.1) is 0 Å². The third-order valence-corrected chi connectivity index (χ3v) is 3.90. The number of ether oxygens (including phenoxy) is 1. The number of benzene rings is 2. The van der Waals surface area contributed by atoms with Crippen molar-refractivity contribution in [2.45, 2.75) is 25.1 Å². The number of hydrogen-bond donors (Lipinski definition) is 2. The van der Waals surface area contributed by atoms with Gasteiger partial charge in [0.15, 0.2) is 0 Å². The molecule has 2 aromatic carbocycles. The minimum Gasteiger partial charge on any atom is -0.460 e. The Morgan fingerprint density at radius 2 is 2.04 bits per heavy atom. The van der Waals surface area contributed by atoms with E-state index in [1.54, 1.807) is 36.4 Å². The minimum absolute atomic E-state index is 0.0786. The van der Waals surface area contributed by atoms with Crippen LogP contribution in [0.1, 0.15) is 29.2 Å². The van der Waals surface area contributed by atoms with Crippen LogP contribution in [0.5, 0.6) is 0 Å². The van der Waals surface area contributed by atoms with Crippen LogP contribution in [-0.4, -0.2) is 12.0 Å². The van der Waals surface area contributed by atoms with E-state index in [9.17, 15) is 9.18 Å². The fourth-order valence-electron chi connectivity index (χ4n) is 2.61. The molecule has 0 spiro atoms. The van der Waals surface area contributed by atoms with E-state index in [-0.39, 0.29) is 24.4 Å². The number of nitriles is 1. The Hall–Kier alpha value is -2.75. The zero-order valence-electron chi connectivity index (χ0n) is 12.8. The molecule has 0 amide bonds. The van der Waals surface area contributed by atoms with Gasteiger partial charge < -0.3 is 4.74 Å². The van der Waals surface area contributed by atoms with Gasteiger partial charge in [0, 0.05) is 6.04 Å². The first kappa shape index (κ1) is 16.1. The van der Waals surface area contributed by atoms with E-state index in [0.29, 0.717) is 12.0 Å². The topological polar surface area (TPSA) is 74.1 Å². The van der Waals surface area contributed by atoms with Crippen molar-refractivity contribution in [1.82, 2.24) is 10.9 Å². The van der Waals surface area contributed by atoms with Gasteiger partial charge in [-0.25, -0.2) is 15.2 Å². The number of nitrogens with one attached hydrogen (secondary N) is 2. The summed E-state index contributed by atoms with van der Waals surface area (Å²) in [5.41, 5.74) is 8.13. The summed E-state index contributed by atoms with van der Waals surface area (Å²) in [6, 6.07) is 14.6. The molecule has 2 N–H and O–H groups in total. The highest BCUT2D eigenvalue weighted by Gasteiger charge is 2.31. The van der Waals surface area contributed by atoms with Crippen LogP contribution >= 0.6 is 0 Å². The van der Waals surface area contributed by atoms with Crippen molar-refractivity contribution < 1.29 is 13.9 Å². The molecule has 0 aromatic heterocycles. The molecule has 5 nitrogen and oxygen atoms in total. The Kier molecular flexibility index (Phi) is 4.85. The summed E-state index contributed by atoms with van der Waals surface area (Å²) in [7, 11) is 0. The fraction of sp³-hybridized carbons (Fsp3) is 0.222. The van der Waals surface area contributed by atoms with Gasteiger partial charge in [-0.3, -0.25) is 4.79 Å². The Morgan fingerprint density at radius 3 is 2.79 bits per heavy atom. The normalized spacial score (nSPS) is 19.7. The molecule has 1 aliphatic rings. The van der Waals surface area contributed by atoms with Gasteiger partial charge in [0.2, 0.25) is 0 Å². The third-order valence-electron chi connectivity index (χ3n) is 3.90. The molecule has 3 rings (SSSR count). The lowest BCUT2D eigenvalue weighted by atomic mass is 10.0. The molecule has 0 saturated carbocycles. The van der Waals surface area contributed by atoms with Gasteiger partial charge in [-0.2, -0.15) is 5.26 Å². The number of carbonyl (C=O) groups is 1. The highest BCUT2D eigenvalue weighted by Crippen LogP contribution is 2.23. The van der Waals surface area contributed by atoms with E-state index in [1.807, 2.05) is 6.07 Å². The second-order valence-corrected chi connectivity index (χ2v) is 5.60. The molecule has 0 aliphatic carbocycles. The molecule has 2 atom stereocenters. The van der Waals surface area contributed by atoms with Crippen LogP contribution in [0.2, 0.25) is 0 Å². The summed E-state index contributed by atoms with van der Waals surface area (Å²) in [6.45, 7) is 0.119. The summed E-state index contributed by atoms with van der Waals surface area (Å²) in [6.07, 6.45) is 0.517. The molecule has 1 fully saturated rings. The highest BCUT2D eigenvalue weighted by atomic mass is 19.1. The average Bonchev–Trinajstić information content (AvgIpc) is 3.10. The van der Waals surface area contributed by atoms with Crippen molar-refractivity contribution in [2.75, 3.05) is 0 Å². The van der Waals surface area contributed by atoms with Gasteiger partial charge >= 0.3 is 5.97 Å². The molecule has 122 valence electrons. The summed E-state index contributed by atoms with van der Waals surface area (Å²) >= 11 is 0. The van der Waals surface area contributed by atoms with E-state index >= 15 is 0 Å². The predicted octanol–water partition coefficient (Wildman–Crippen LogP) is 2.35. The van der Waals surface area contributed by atoms with Crippen LogP contribution in [0, 0.1) is 17.1 Å². The average molecular weight is 325 g/mol. The third kappa shape index (κ3) is 3.77. The molecule has 1 aliphatic heterocycles. The van der Waals surface area contributed by atoms with Crippen LogP contribution in [0.4, 0.5) is 4.39 Å². The fourth-order valence-corrected chi connectivity index (χ4v) is 2.61. The van der Waals surface area contributed by atoms with E-state index in [4.69, 9.17) is 10.00 Å². The number of hydrazine groups is 1. The first-order valence-electron chi connectivity index (χ1n) is 7.58. The van der Waals surface area contributed by atoms with E-state index < -0.39 is 6.04 Å². The summed E-state index contributed by atoms with van der Waals surface area (Å²) in [5.74, 6) is -0.658. The minimum atomic E-state index is -0.473. The van der Waals surface area contributed by atoms with E-state index in [2.05, 4.69) is 10.9 Å². The maximum absolute atomic E-state index is 13.0. The molecule has 1 heterocycles. The molecule has 1 saturated heterocycles. The van der Waals surface area contributed by atoms with Crippen molar-refractivity contribution in [3.63, 3.8) is 0 Å². The van der Waals surface area contributed by atoms with Crippen LogP contribution in [0.25, 0.3) is 0 Å². The molecule has 0 radical (unpaired) electrons. The first-order chi connectivity index (χ1) is 11.7. The maximum atomic E-state index is 13.0. The molecular formula is C18H16FN3O2. The SMILES string of the molecule is N#Cc1cccc(COC(=O)C2CC(c3ccc(F)cc3)NN2)c1. The number of rotatable bonds is 4. The molecule has 2 aromatic rings. The summed E-state index contributed by atoms with van der Waals surface area (Å²) in [4.78, 5) is 12.2. The largest absolute Gasteiger partial charge is 0.460 e. The lowest BCUT2D eigenvalue weighted by molar-refractivity contribution is -0.147. The molecule has 6 heteroatoms. The van der Waals surface area contributed by atoms with Gasteiger partial charge in [-0.05, 0) is 41.8 Å². The first-order valence-corrected chi connectivity index (χ1v) is 7.58. The number of nitrogens with zero attached hydrogens (tertiary/aromatic N) is 1. The second-order valence-electron chi connectivity index (χ2n) is 5.60. The van der Waals surface area contributed by atoms with Crippen molar-refractivity contribution in [1.29, 1.82) is 5.26 Å². The van der Waals surface area contributed by atoms with Gasteiger partial charge in [0.05, 0.1) is 11.6 Å². The van der Waals surface area contributed by atoms with Crippen molar-refractivity contribution >= 4 is 5.97 Å². The Labute approximate surface area is 139 Å². The van der Waals surface area contributed by atoms with E-state index in [1.165, 1.54) is 12.1 Å². The quantitative estimate of drug-likeness (QED) is 0.844. The Bertz CT molecular complexity index is 771. The Balaban J connectivity index is 1.54. The molecule has 0 bridgehead atoms. The molecule has 2 unspecified atom stereocenters. The predicted molar refractivity (Wildman–Crippen MR) is 84.8 cm³/mol. The van der Waals surface area contributed by atoms with Gasteiger partial charge in [0.1, 0.15) is 18.5 Å². The van der Waals surface area contributed by atoms with Crippen molar-refractivity contribution in [2.24, 2.45) is 0 Å². The highest BCUT2D eigenvalue weighted by molar-refractivity contribution is 5.76. The number of halogens is 1. The second kappa shape index (κ2) is 7.21. The molecular weight excluding hydrogens is 309 g/mol. The monoisotopic (exact) mass is 325 g/mol. The number of carbonyl (C=O) groups excluding carboxylic acids is 1. The van der Waals surface area contributed by atoms with E-state index in [0.717, 1.165) is 11.1 Å². The van der Waals surface area contributed by atoms with Crippen LogP contribution in [-0.2, 0) is 16.1 Å². The van der Waals surface area contributed by atoms with Crippen molar-refractivity contribution in [3.05, 3.63) is 71.0 Å². The van der Waals surface area contributed by atoms with Crippen LogP contribution < -0.4 is 10.9 Å². The van der Waals surface area contributed by atoms with Crippen molar-refractivity contribution in [3.8, 4) is 6.07 Å². The number of hydrogen-bond acceptors (Lipinski definition) is 5. The summed E-state index contributed by atoms with van der Waals surface area (Å²) in [5, 5.41) is 8.87. The van der Waals surface area contributed by atoms with Gasteiger partial charge in [-0.1, -0.05) is 24.3 Å². The lowest BCUT2D eigenvalue weighted by Crippen LogP contribution is -2.37. The lowest BCUT2D eigenvalue weighted by Gasteiger charge is -2.10. The standard InChI is InChI=1S/C18H16FN3O2/c19-15-6-4-14(5-7-15)16-9-17(22-21-16)18(23)24-11-13-3-1-2-12(8-13)10-20/h1-8,16-17,21-22H,9,11H2. The zero-order valence-corrected chi connectivity index (χ0v) is 12.8. The molecule has 24 heavy (non-hydrogen) atoms. The Morgan fingerprint density at radius 1 is 1.25 bits per heavy atom. The van der Waals surface area contributed by atoms with Crippen LogP contribution in [0.15, 0.2) is 48.5 Å². The number of esters is 1. The maximum Gasteiger partial charge on any atom is 0.324 e. The van der Waals surface area contributed by atoms with Crippen LogP contribution in [0.3, 0.4) is 0 Å². The van der Waals surface area contributed by atoms with Gasteiger partial charge in [0.25, 0.3) is 0 Å². The summed E-state index contributed by atoms with van der Waals surface area (Å²) < 4.78 is 18.3.